The van der Waals surface area contributed by atoms with Gasteiger partial charge in [-0.05, 0) is 30.2 Å². The molecule has 1 saturated heterocycles. The van der Waals surface area contributed by atoms with Crippen LogP contribution >= 0.6 is 0 Å². The maximum Gasteiger partial charge on any atom is 0.338 e. The number of hydrogen-bond acceptors (Lipinski definition) is 6. The number of esters is 1. The van der Waals surface area contributed by atoms with Crippen molar-refractivity contribution in [1.82, 2.24) is 24.6 Å². The highest BCUT2D eigenvalue weighted by Crippen LogP contribution is 2.12. The summed E-state index contributed by atoms with van der Waals surface area (Å²) in [6.45, 7) is 5.94. The molecular weight excluding hydrogens is 406 g/mol. The summed E-state index contributed by atoms with van der Waals surface area (Å²) in [6.07, 6.45) is 2.29. The van der Waals surface area contributed by atoms with Crippen LogP contribution in [0.15, 0.2) is 67.3 Å². The van der Waals surface area contributed by atoms with E-state index in [0.29, 0.717) is 25.2 Å². The molecule has 32 heavy (non-hydrogen) atoms. The van der Waals surface area contributed by atoms with Gasteiger partial charge in [0.25, 0.3) is 5.91 Å². The smallest absolute Gasteiger partial charge is 0.338 e. The Balaban J connectivity index is 1.25. The van der Waals surface area contributed by atoms with E-state index < -0.39 is 12.1 Å². The number of nitrogens with zero attached hydrogens (tertiary/aromatic N) is 5. The number of aromatic nitrogens is 3. The SMILES string of the molecule is CC(OC(=O)c1ccc(Cn2cncn2)cc1)C(=O)N1CCN(Cc2ccccc2)CC1. The lowest BCUT2D eigenvalue weighted by atomic mass is 10.1. The predicted octanol–water partition coefficient (Wildman–Crippen LogP) is 2.22. The van der Waals surface area contributed by atoms with Gasteiger partial charge in [-0.15, -0.1) is 0 Å². The molecule has 3 aromatic rings. The number of carbonyl (C=O) groups excluding carboxylic acids is 2. The monoisotopic (exact) mass is 433 g/mol. The molecule has 1 amide bonds. The van der Waals surface area contributed by atoms with E-state index in [0.717, 1.165) is 25.2 Å². The van der Waals surface area contributed by atoms with Crippen LogP contribution in [0, 0.1) is 0 Å². The molecule has 2 aromatic carbocycles. The average Bonchev–Trinajstić information content (AvgIpc) is 3.33. The lowest BCUT2D eigenvalue weighted by Crippen LogP contribution is -2.51. The minimum atomic E-state index is -0.821. The van der Waals surface area contributed by atoms with Crippen LogP contribution in [0.5, 0.6) is 0 Å². The van der Waals surface area contributed by atoms with E-state index in [1.54, 1.807) is 35.0 Å². The van der Waals surface area contributed by atoms with Crippen molar-refractivity contribution in [2.24, 2.45) is 0 Å². The Hall–Kier alpha value is -3.52. The summed E-state index contributed by atoms with van der Waals surface area (Å²) in [6, 6.07) is 17.4. The molecule has 1 aliphatic rings. The standard InChI is InChI=1S/C24H27N5O3/c1-19(23(30)28-13-11-27(12-14-28)15-20-5-3-2-4-6-20)32-24(31)22-9-7-21(8-10-22)16-29-18-25-17-26-29/h2-10,17-19H,11-16H2,1H3. The van der Waals surface area contributed by atoms with Crippen molar-refractivity contribution in [2.75, 3.05) is 26.2 Å². The molecule has 0 aliphatic carbocycles. The fourth-order valence-corrected chi connectivity index (χ4v) is 3.75. The van der Waals surface area contributed by atoms with Gasteiger partial charge in [-0.1, -0.05) is 42.5 Å². The third-order valence-electron chi connectivity index (χ3n) is 5.57. The molecule has 8 nitrogen and oxygen atoms in total. The van der Waals surface area contributed by atoms with E-state index in [-0.39, 0.29) is 5.91 Å². The molecule has 1 aromatic heterocycles. The van der Waals surface area contributed by atoms with E-state index in [1.807, 2.05) is 30.3 Å². The van der Waals surface area contributed by atoms with Gasteiger partial charge in [-0.2, -0.15) is 5.10 Å². The highest BCUT2D eigenvalue weighted by Gasteiger charge is 2.27. The van der Waals surface area contributed by atoms with Crippen molar-refractivity contribution < 1.29 is 14.3 Å². The van der Waals surface area contributed by atoms with Crippen LogP contribution in [0.2, 0.25) is 0 Å². The summed E-state index contributed by atoms with van der Waals surface area (Å²) in [7, 11) is 0. The molecular formula is C24H27N5O3. The zero-order valence-electron chi connectivity index (χ0n) is 18.1. The van der Waals surface area contributed by atoms with Crippen LogP contribution in [-0.4, -0.2) is 68.7 Å². The average molecular weight is 434 g/mol. The highest BCUT2D eigenvalue weighted by atomic mass is 16.5. The first-order valence-electron chi connectivity index (χ1n) is 10.8. The van der Waals surface area contributed by atoms with Gasteiger partial charge < -0.3 is 9.64 Å². The predicted molar refractivity (Wildman–Crippen MR) is 119 cm³/mol. The molecule has 1 fully saturated rings. The van der Waals surface area contributed by atoms with Crippen molar-refractivity contribution in [3.8, 4) is 0 Å². The van der Waals surface area contributed by atoms with E-state index in [1.165, 1.54) is 11.9 Å². The molecule has 1 aliphatic heterocycles. The quantitative estimate of drug-likeness (QED) is 0.532. The zero-order valence-corrected chi connectivity index (χ0v) is 18.1. The van der Waals surface area contributed by atoms with Crippen molar-refractivity contribution >= 4 is 11.9 Å². The largest absolute Gasteiger partial charge is 0.449 e. The van der Waals surface area contributed by atoms with Gasteiger partial charge in [-0.25, -0.2) is 14.5 Å². The van der Waals surface area contributed by atoms with Gasteiger partial charge in [0, 0.05) is 32.7 Å². The first-order valence-corrected chi connectivity index (χ1v) is 10.8. The number of rotatable bonds is 7. The summed E-state index contributed by atoms with van der Waals surface area (Å²) in [5, 5.41) is 4.07. The molecule has 0 saturated carbocycles. The number of hydrogen-bond donors (Lipinski definition) is 0. The Labute approximate surface area is 187 Å². The number of carbonyl (C=O) groups is 2. The van der Waals surface area contributed by atoms with E-state index in [2.05, 4.69) is 27.1 Å². The second kappa shape index (κ2) is 10.2. The fourth-order valence-electron chi connectivity index (χ4n) is 3.75. The molecule has 0 radical (unpaired) electrons. The Bertz CT molecular complexity index is 1010. The molecule has 166 valence electrons. The Morgan fingerprint density at radius 2 is 1.62 bits per heavy atom. The van der Waals surface area contributed by atoms with Gasteiger partial charge in [0.15, 0.2) is 6.10 Å². The van der Waals surface area contributed by atoms with E-state index >= 15 is 0 Å². The number of benzene rings is 2. The summed E-state index contributed by atoms with van der Waals surface area (Å²) in [4.78, 5) is 33.3. The first-order chi connectivity index (χ1) is 15.6. The van der Waals surface area contributed by atoms with Crippen LogP contribution in [0.1, 0.15) is 28.4 Å². The normalized spacial score (nSPS) is 15.3. The molecule has 1 atom stereocenters. The van der Waals surface area contributed by atoms with Gasteiger partial charge in [0.1, 0.15) is 12.7 Å². The lowest BCUT2D eigenvalue weighted by Gasteiger charge is -2.35. The topological polar surface area (TPSA) is 80.6 Å². The van der Waals surface area contributed by atoms with Crippen LogP contribution in [0.3, 0.4) is 0 Å². The summed E-state index contributed by atoms with van der Waals surface area (Å²) in [5.74, 6) is -0.651. The van der Waals surface area contributed by atoms with Crippen molar-refractivity contribution in [3.05, 3.63) is 83.9 Å². The zero-order chi connectivity index (χ0) is 22.3. The van der Waals surface area contributed by atoms with E-state index in [4.69, 9.17) is 4.74 Å². The van der Waals surface area contributed by atoms with Crippen molar-refractivity contribution in [2.45, 2.75) is 26.1 Å². The molecule has 0 N–H and O–H groups in total. The second-order valence-corrected chi connectivity index (χ2v) is 7.92. The van der Waals surface area contributed by atoms with Crippen LogP contribution in [0.4, 0.5) is 0 Å². The van der Waals surface area contributed by atoms with Gasteiger partial charge in [-0.3, -0.25) is 9.69 Å². The Morgan fingerprint density at radius 1 is 0.938 bits per heavy atom. The maximum atomic E-state index is 12.8. The third kappa shape index (κ3) is 5.59. The van der Waals surface area contributed by atoms with Gasteiger partial charge in [0.05, 0.1) is 12.1 Å². The first kappa shape index (κ1) is 21.7. The molecule has 4 rings (SSSR count). The van der Waals surface area contributed by atoms with Crippen molar-refractivity contribution in [1.29, 1.82) is 0 Å². The minimum Gasteiger partial charge on any atom is -0.449 e. The third-order valence-corrected chi connectivity index (χ3v) is 5.57. The number of ether oxygens (including phenoxy) is 1. The molecule has 2 heterocycles. The molecule has 0 spiro atoms. The Kier molecular flexibility index (Phi) is 6.91. The minimum absolute atomic E-state index is 0.152. The summed E-state index contributed by atoms with van der Waals surface area (Å²) in [5.41, 5.74) is 2.67. The van der Waals surface area contributed by atoms with Gasteiger partial charge in [0.2, 0.25) is 0 Å². The molecule has 8 heteroatoms. The summed E-state index contributed by atoms with van der Waals surface area (Å²) < 4.78 is 7.15. The van der Waals surface area contributed by atoms with E-state index in [9.17, 15) is 9.59 Å². The highest BCUT2D eigenvalue weighted by molar-refractivity contribution is 5.92. The van der Waals surface area contributed by atoms with Crippen LogP contribution in [0.25, 0.3) is 0 Å². The molecule has 1 unspecified atom stereocenters. The van der Waals surface area contributed by atoms with Gasteiger partial charge >= 0.3 is 5.97 Å². The molecule has 0 bridgehead atoms. The van der Waals surface area contributed by atoms with Crippen molar-refractivity contribution in [3.63, 3.8) is 0 Å². The summed E-state index contributed by atoms with van der Waals surface area (Å²) >= 11 is 0. The fraction of sp³-hybridized carbons (Fsp3) is 0.333. The van der Waals surface area contributed by atoms with Crippen LogP contribution in [-0.2, 0) is 22.6 Å². The second-order valence-electron chi connectivity index (χ2n) is 7.92. The number of piperazine rings is 1. The number of amides is 1. The lowest BCUT2D eigenvalue weighted by molar-refractivity contribution is -0.141. The Morgan fingerprint density at radius 3 is 2.28 bits per heavy atom. The maximum absolute atomic E-state index is 12.8. The van der Waals surface area contributed by atoms with Crippen LogP contribution < -0.4 is 0 Å².